The average Bonchev–Trinajstić information content (AvgIpc) is 3.55. The van der Waals surface area contributed by atoms with Crippen LogP contribution >= 0.6 is 0 Å². The van der Waals surface area contributed by atoms with Crippen LogP contribution in [0.1, 0.15) is 54.0 Å². The third-order valence-corrected chi connectivity index (χ3v) is 10.6. The molecule has 1 heterocycles. The van der Waals surface area contributed by atoms with Crippen LogP contribution in [0.15, 0.2) is 97.1 Å². The molecule has 6 nitrogen and oxygen atoms in total. The summed E-state index contributed by atoms with van der Waals surface area (Å²) >= 11 is 0. The van der Waals surface area contributed by atoms with Crippen LogP contribution in [-0.4, -0.2) is 33.1 Å². The number of carbonyl (C=O) groups is 2. The first kappa shape index (κ1) is 32.5. The lowest BCUT2D eigenvalue weighted by Gasteiger charge is -2.40. The summed E-state index contributed by atoms with van der Waals surface area (Å²) in [5.74, 6) is -1.10. The van der Waals surface area contributed by atoms with Crippen LogP contribution in [0.2, 0.25) is 0 Å². The van der Waals surface area contributed by atoms with E-state index in [0.717, 1.165) is 59.2 Å². The van der Waals surface area contributed by atoms with E-state index >= 15 is 0 Å². The van der Waals surface area contributed by atoms with Gasteiger partial charge in [0, 0.05) is 36.1 Å². The molecule has 1 aliphatic carbocycles. The van der Waals surface area contributed by atoms with E-state index in [1.807, 2.05) is 6.07 Å². The van der Waals surface area contributed by atoms with Gasteiger partial charge in [-0.25, -0.2) is 0 Å². The van der Waals surface area contributed by atoms with E-state index in [4.69, 9.17) is 9.47 Å². The van der Waals surface area contributed by atoms with Crippen molar-refractivity contribution in [3.8, 4) is 11.1 Å². The fourth-order valence-corrected chi connectivity index (χ4v) is 8.31. The zero-order chi connectivity index (χ0) is 34.1. The van der Waals surface area contributed by atoms with Crippen molar-refractivity contribution < 1.29 is 19.1 Å². The largest absolute Gasteiger partial charge is 0.468 e. The Morgan fingerprint density at radius 1 is 0.816 bits per heavy atom. The molecule has 0 saturated carbocycles. The summed E-state index contributed by atoms with van der Waals surface area (Å²) in [6.45, 7) is 4.90. The predicted octanol–water partition coefficient (Wildman–Crippen LogP) is 7.81. The Labute approximate surface area is 289 Å². The average molecular weight is 651 g/mol. The molecule has 5 aromatic carbocycles. The molecule has 0 atom stereocenters. The third kappa shape index (κ3) is 5.55. The second kappa shape index (κ2) is 13.5. The second-order valence-corrected chi connectivity index (χ2v) is 13.4. The Hall–Kier alpha value is -5.04. The number of hydrogen-bond acceptors (Lipinski definition) is 6. The molecule has 0 fully saturated rings. The molecule has 49 heavy (non-hydrogen) atoms. The molecule has 0 spiro atoms. The molecular weight excluding hydrogens is 607 g/mol. The van der Waals surface area contributed by atoms with Crippen molar-refractivity contribution >= 4 is 46.5 Å². The van der Waals surface area contributed by atoms with Gasteiger partial charge in [-0.2, -0.15) is 0 Å². The van der Waals surface area contributed by atoms with Crippen molar-refractivity contribution in [1.29, 1.82) is 0 Å². The quantitative estimate of drug-likeness (QED) is 0.0720. The van der Waals surface area contributed by atoms with Gasteiger partial charge in [-0.3, -0.25) is 9.59 Å². The Morgan fingerprint density at radius 2 is 1.47 bits per heavy atom. The second-order valence-electron chi connectivity index (χ2n) is 13.4. The van der Waals surface area contributed by atoms with Crippen molar-refractivity contribution in [1.82, 2.24) is 0 Å². The van der Waals surface area contributed by atoms with Gasteiger partial charge in [0.15, 0.2) is 5.41 Å². The fraction of sp³-hybridized carbons (Fsp3) is 0.286. The number of fused-ring (bicyclic) bond motifs is 1. The summed E-state index contributed by atoms with van der Waals surface area (Å²) in [5.41, 5.74) is 9.93. The highest BCUT2D eigenvalue weighted by atomic mass is 16.5. The molecule has 7 heteroatoms. The maximum Gasteiger partial charge on any atom is 0.409 e. The van der Waals surface area contributed by atoms with Crippen LogP contribution in [0.4, 0.5) is 11.4 Å². The Kier molecular flexibility index (Phi) is 8.93. The number of anilines is 2. The zero-order valence-electron chi connectivity index (χ0n) is 28.8. The van der Waals surface area contributed by atoms with Crippen LogP contribution in [0.3, 0.4) is 0 Å². The van der Waals surface area contributed by atoms with Crippen LogP contribution in [0.5, 0.6) is 0 Å². The number of nitrogens with zero attached hydrogens (tertiary/aromatic N) is 1. The van der Waals surface area contributed by atoms with Crippen molar-refractivity contribution in [2.75, 3.05) is 24.3 Å². The zero-order valence-corrected chi connectivity index (χ0v) is 28.8. The molecule has 1 N–H and O–H groups in total. The first-order valence-electron chi connectivity index (χ1n) is 17.4. The minimum Gasteiger partial charge on any atom is -0.468 e. The summed E-state index contributed by atoms with van der Waals surface area (Å²) in [4.78, 5) is 29.7. The summed E-state index contributed by atoms with van der Waals surface area (Å²) in [6, 6.07) is 34.1. The van der Waals surface area contributed by atoms with Crippen molar-refractivity contribution in [3.63, 3.8) is 0 Å². The SMILES string of the molecule is CCCCCc1c(B2Nc3cccc4cccc(c34)N2Cc2ccccc2)c(C)c2c(c1-c1ccccc1)CC(C(=O)OC)(C(=O)OC)C2. The monoisotopic (exact) mass is 650 g/mol. The lowest BCUT2D eigenvalue weighted by molar-refractivity contribution is -0.168. The van der Waals surface area contributed by atoms with Gasteiger partial charge in [0.2, 0.25) is 0 Å². The predicted molar refractivity (Wildman–Crippen MR) is 199 cm³/mol. The maximum atomic E-state index is 13.6. The van der Waals surface area contributed by atoms with Crippen LogP contribution in [0.25, 0.3) is 21.9 Å². The number of ether oxygens (including phenoxy) is 2. The van der Waals surface area contributed by atoms with Gasteiger partial charge in [0.1, 0.15) is 0 Å². The van der Waals surface area contributed by atoms with Gasteiger partial charge in [0.25, 0.3) is 0 Å². The third-order valence-electron chi connectivity index (χ3n) is 10.6. The molecule has 0 saturated heterocycles. The molecule has 7 rings (SSSR count). The van der Waals surface area contributed by atoms with Gasteiger partial charge in [-0.15, -0.1) is 0 Å². The van der Waals surface area contributed by atoms with Gasteiger partial charge < -0.3 is 19.5 Å². The normalized spacial score (nSPS) is 14.4. The number of rotatable bonds is 10. The van der Waals surface area contributed by atoms with Crippen molar-refractivity contribution in [2.24, 2.45) is 5.41 Å². The number of methoxy groups -OCH3 is 2. The van der Waals surface area contributed by atoms with E-state index in [1.165, 1.54) is 47.3 Å². The number of benzene rings is 5. The molecule has 2 aliphatic rings. The number of nitrogens with one attached hydrogen (secondary N) is 1. The maximum absolute atomic E-state index is 13.6. The fourth-order valence-electron chi connectivity index (χ4n) is 8.31. The minimum absolute atomic E-state index is 0.212. The van der Waals surface area contributed by atoms with Crippen molar-refractivity contribution in [3.05, 3.63) is 125 Å². The van der Waals surface area contributed by atoms with E-state index < -0.39 is 17.4 Å². The molecule has 0 unspecified atom stereocenters. The molecule has 0 aromatic heterocycles. The van der Waals surface area contributed by atoms with Crippen LogP contribution in [-0.2, 0) is 44.9 Å². The first-order chi connectivity index (χ1) is 23.9. The van der Waals surface area contributed by atoms with E-state index in [0.29, 0.717) is 6.54 Å². The van der Waals surface area contributed by atoms with E-state index in [1.54, 1.807) is 0 Å². The van der Waals surface area contributed by atoms with Crippen molar-refractivity contribution in [2.45, 2.75) is 58.9 Å². The smallest absolute Gasteiger partial charge is 0.409 e. The lowest BCUT2D eigenvalue weighted by Crippen LogP contribution is -2.58. The van der Waals surface area contributed by atoms with Gasteiger partial charge in [-0.05, 0) is 81.7 Å². The Bertz CT molecular complexity index is 2010. The van der Waals surface area contributed by atoms with Crippen LogP contribution < -0.4 is 15.5 Å². The first-order valence-corrected chi connectivity index (χ1v) is 17.4. The van der Waals surface area contributed by atoms with Gasteiger partial charge in [-0.1, -0.05) is 105 Å². The molecule has 248 valence electrons. The number of hydrogen-bond donors (Lipinski definition) is 1. The molecule has 5 aromatic rings. The Balaban J connectivity index is 1.52. The molecule has 0 radical (unpaired) electrons. The number of unbranched alkanes of at least 4 members (excludes halogenated alkanes) is 2. The van der Waals surface area contributed by atoms with Gasteiger partial charge >= 0.3 is 18.9 Å². The van der Waals surface area contributed by atoms with Gasteiger partial charge in [0.05, 0.1) is 14.2 Å². The molecule has 0 bridgehead atoms. The lowest BCUT2D eigenvalue weighted by atomic mass is 9.58. The minimum atomic E-state index is -1.44. The molecular formula is C42H43BN2O4. The number of carbonyl (C=O) groups excluding carboxylic acids is 2. The number of esters is 2. The topological polar surface area (TPSA) is 67.9 Å². The highest BCUT2D eigenvalue weighted by molar-refractivity contribution is 6.81. The Morgan fingerprint density at radius 3 is 2.14 bits per heavy atom. The molecule has 1 aliphatic heterocycles. The van der Waals surface area contributed by atoms with E-state index in [9.17, 15) is 9.59 Å². The summed E-state index contributed by atoms with van der Waals surface area (Å²) < 4.78 is 10.7. The summed E-state index contributed by atoms with van der Waals surface area (Å²) in [5, 5.41) is 6.42. The summed E-state index contributed by atoms with van der Waals surface area (Å²) in [7, 11) is 2.71. The summed E-state index contributed by atoms with van der Waals surface area (Å²) in [6.07, 6.45) is 4.57. The van der Waals surface area contributed by atoms with E-state index in [-0.39, 0.29) is 19.8 Å². The highest BCUT2D eigenvalue weighted by Crippen LogP contribution is 2.47. The highest BCUT2D eigenvalue weighted by Gasteiger charge is 2.54. The standard InChI is InChI=1S/C42H43BN2O4/c1-5-6-9-22-32-37(30-18-12-8-13-19-30)34-26-42(40(46)48-3,41(47)49-4)25-33(34)28(2)39(32)43-44-35-23-14-20-31-21-15-24-36(38(31)35)45(43)27-29-16-10-7-11-17-29/h7-8,10-21,23-24,44H,5-6,9,22,25-27H2,1-4H3. The van der Waals surface area contributed by atoms with Crippen LogP contribution in [0, 0.1) is 12.3 Å². The molecule has 0 amide bonds. The van der Waals surface area contributed by atoms with E-state index in [2.05, 4.69) is 115 Å².